The molecule has 6 rings (SSSR count). The number of aliphatic hydroxyl groups is 1. The maximum Gasteiger partial charge on any atom is 0.407 e. The maximum absolute atomic E-state index is 13.0. The minimum Gasteiger partial charge on any atom is -0.497 e. The third-order valence-corrected chi connectivity index (χ3v) is 10.3. The van der Waals surface area contributed by atoms with Gasteiger partial charge in [-0.1, -0.05) is 25.1 Å². The largest absolute Gasteiger partial charge is 0.497 e. The molecule has 0 bridgehead atoms. The number of amides is 1. The zero-order valence-electron chi connectivity index (χ0n) is 23.4. The summed E-state index contributed by atoms with van der Waals surface area (Å²) in [5.41, 5.74) is -0.531. The van der Waals surface area contributed by atoms with E-state index in [0.717, 1.165) is 56.6 Å². The highest BCUT2D eigenvalue weighted by atomic mass is 16.6. The molecule has 1 unspecified atom stereocenters. The molecule has 3 aliphatic heterocycles. The van der Waals surface area contributed by atoms with Crippen molar-refractivity contribution in [3.05, 3.63) is 35.9 Å². The van der Waals surface area contributed by atoms with E-state index in [1.54, 1.807) is 7.11 Å². The second-order valence-corrected chi connectivity index (χ2v) is 12.1. The van der Waals surface area contributed by atoms with Crippen LogP contribution in [-0.4, -0.2) is 85.8 Å². The van der Waals surface area contributed by atoms with Crippen molar-refractivity contribution in [2.45, 2.75) is 87.7 Å². The Morgan fingerprint density at radius 3 is 2.64 bits per heavy atom. The van der Waals surface area contributed by atoms with Gasteiger partial charge in [-0.05, 0) is 56.7 Å². The van der Waals surface area contributed by atoms with Gasteiger partial charge in [-0.2, -0.15) is 0 Å². The average Bonchev–Trinajstić information content (AvgIpc) is 3.64. The Morgan fingerprint density at radius 1 is 1.18 bits per heavy atom. The summed E-state index contributed by atoms with van der Waals surface area (Å²) < 4.78 is 17.4. The molecule has 3 heterocycles. The van der Waals surface area contributed by atoms with Crippen molar-refractivity contribution < 1.29 is 28.9 Å². The second kappa shape index (κ2) is 9.41. The monoisotopic (exact) mass is 539 g/mol. The van der Waals surface area contributed by atoms with Crippen LogP contribution in [0.15, 0.2) is 30.4 Å². The smallest absolute Gasteiger partial charge is 0.407 e. The van der Waals surface area contributed by atoms with Crippen LogP contribution >= 0.6 is 0 Å². The summed E-state index contributed by atoms with van der Waals surface area (Å²) in [7, 11) is 3.64. The van der Waals surface area contributed by atoms with Crippen molar-refractivity contribution in [3.8, 4) is 5.75 Å². The molecule has 5 aliphatic rings. The fourth-order valence-corrected chi connectivity index (χ4v) is 9.06. The van der Waals surface area contributed by atoms with Crippen LogP contribution in [0.3, 0.4) is 0 Å². The van der Waals surface area contributed by atoms with Crippen LogP contribution in [0, 0.1) is 5.41 Å². The lowest BCUT2D eigenvalue weighted by molar-refractivity contribution is -0.217. The molecule has 9 nitrogen and oxygen atoms in total. The number of anilines is 1. The van der Waals surface area contributed by atoms with Crippen molar-refractivity contribution in [1.29, 1.82) is 0 Å². The van der Waals surface area contributed by atoms with Gasteiger partial charge in [0.25, 0.3) is 0 Å². The van der Waals surface area contributed by atoms with Gasteiger partial charge in [0.1, 0.15) is 23.6 Å². The number of fused-ring (bicyclic) bond motifs is 1. The van der Waals surface area contributed by atoms with Gasteiger partial charge in [-0.3, -0.25) is 9.69 Å². The topological polar surface area (TPSA) is 101 Å². The number of nitrogens with one attached hydrogen (secondary N) is 1. The number of carbonyl (C=O) groups is 2. The maximum atomic E-state index is 13.0. The van der Waals surface area contributed by atoms with Gasteiger partial charge >= 0.3 is 12.1 Å². The van der Waals surface area contributed by atoms with E-state index >= 15 is 0 Å². The predicted octanol–water partition coefficient (Wildman–Crippen LogP) is 3.14. The van der Waals surface area contributed by atoms with Crippen molar-refractivity contribution >= 4 is 17.7 Å². The van der Waals surface area contributed by atoms with Crippen LogP contribution in [0.1, 0.15) is 57.9 Å². The van der Waals surface area contributed by atoms with Gasteiger partial charge in [0.15, 0.2) is 0 Å². The molecule has 3 fully saturated rings. The molecule has 1 aromatic carbocycles. The summed E-state index contributed by atoms with van der Waals surface area (Å²) in [5, 5.41) is 15.9. The number of benzene rings is 1. The zero-order valence-corrected chi connectivity index (χ0v) is 23.4. The van der Waals surface area contributed by atoms with Crippen molar-refractivity contribution in [3.63, 3.8) is 0 Å². The highest BCUT2D eigenvalue weighted by Gasteiger charge is 2.77. The highest BCUT2D eigenvalue weighted by Crippen LogP contribution is 2.67. The third-order valence-electron chi connectivity index (χ3n) is 10.3. The summed E-state index contributed by atoms with van der Waals surface area (Å²) in [4.78, 5) is 30.2. The van der Waals surface area contributed by atoms with E-state index in [0.29, 0.717) is 6.42 Å². The van der Waals surface area contributed by atoms with Crippen LogP contribution in [0.2, 0.25) is 0 Å². The quantitative estimate of drug-likeness (QED) is 0.420. The number of alkyl carbamates (subject to hydrolysis) is 1. The minimum absolute atomic E-state index is 0.0113. The number of hydrogen-bond donors (Lipinski definition) is 2. The second-order valence-electron chi connectivity index (χ2n) is 12.1. The molecule has 9 heteroatoms. The number of methoxy groups -OCH3 is 1. The van der Waals surface area contributed by atoms with E-state index in [4.69, 9.17) is 14.2 Å². The zero-order chi connectivity index (χ0) is 27.6. The Bertz CT molecular complexity index is 1180. The lowest BCUT2D eigenvalue weighted by Crippen LogP contribution is -2.81. The number of likely N-dealkylation sites (N-methyl/N-ethyl adjacent to an activating group) is 1. The molecule has 2 N–H and O–H groups in total. The fourth-order valence-electron chi connectivity index (χ4n) is 9.06. The standard InChI is InChI=1S/C30H41N3O6/c1-5-28-13-8-15-33-16-14-29(24(28)33)22-12-11-21(37-4)17-23(22)32(3)25(29)30(36,26(28)38-19(2)34)18-31-27(35)39-20-9-6-7-10-20/h8,11-13,17,20,24-26,36H,5-7,9-10,14-16,18H2,1-4H3,(H,31,35)/t24-,25+,26+,28+,29+,30?/m0/s1. The third kappa shape index (κ3) is 3.65. The van der Waals surface area contributed by atoms with Gasteiger partial charge in [-0.25, -0.2) is 4.79 Å². The number of ether oxygens (including phenoxy) is 3. The van der Waals surface area contributed by atoms with Crippen LogP contribution in [0.5, 0.6) is 5.75 Å². The number of esters is 1. The lowest BCUT2D eigenvalue weighted by Gasteiger charge is -2.64. The summed E-state index contributed by atoms with van der Waals surface area (Å²) in [6.45, 7) is 5.08. The normalized spacial score (nSPS) is 36.7. The molecule has 1 spiro atoms. The first-order valence-electron chi connectivity index (χ1n) is 14.4. The minimum atomic E-state index is -1.61. The van der Waals surface area contributed by atoms with E-state index in [1.165, 1.54) is 12.5 Å². The molecule has 0 aromatic heterocycles. The Balaban J connectivity index is 1.49. The molecule has 0 radical (unpaired) electrons. The van der Waals surface area contributed by atoms with E-state index in [2.05, 4.69) is 40.3 Å². The number of hydrogen-bond acceptors (Lipinski definition) is 8. The number of nitrogens with zero attached hydrogens (tertiary/aromatic N) is 2. The summed E-state index contributed by atoms with van der Waals surface area (Å²) in [6.07, 6.45) is 8.15. The SMILES string of the molecule is CC[C@]12C=CCN3CC[C@@]4(c5ccc(OC)cc5N(C)[C@H]4C(O)(CNC(=O)OC4CCCC4)[C@@H]1OC(C)=O)[C@@H]32. The van der Waals surface area contributed by atoms with Gasteiger partial charge < -0.3 is 29.5 Å². The molecule has 1 aromatic rings. The van der Waals surface area contributed by atoms with Gasteiger partial charge in [0, 0.05) is 49.1 Å². The van der Waals surface area contributed by atoms with Crippen molar-refractivity contribution in [2.75, 3.05) is 38.7 Å². The Labute approximate surface area is 230 Å². The predicted molar refractivity (Wildman–Crippen MR) is 146 cm³/mol. The highest BCUT2D eigenvalue weighted by molar-refractivity contribution is 5.72. The Hall–Kier alpha value is -2.78. The van der Waals surface area contributed by atoms with E-state index < -0.39 is 40.6 Å². The summed E-state index contributed by atoms with van der Waals surface area (Å²) in [5.74, 6) is 0.296. The Kier molecular flexibility index (Phi) is 6.38. The first kappa shape index (κ1) is 26.4. The number of carbonyl (C=O) groups excluding carboxylic acids is 2. The average molecular weight is 540 g/mol. The van der Waals surface area contributed by atoms with Crippen LogP contribution < -0.4 is 15.0 Å². The molecular weight excluding hydrogens is 498 g/mol. The van der Waals surface area contributed by atoms with Crippen LogP contribution in [0.25, 0.3) is 0 Å². The van der Waals surface area contributed by atoms with Crippen LogP contribution in [-0.2, 0) is 19.7 Å². The molecular formula is C30H41N3O6. The van der Waals surface area contributed by atoms with Gasteiger partial charge in [0.2, 0.25) is 0 Å². The molecule has 2 saturated carbocycles. The first-order chi connectivity index (χ1) is 18.7. The Morgan fingerprint density at radius 2 is 1.95 bits per heavy atom. The van der Waals surface area contributed by atoms with Crippen molar-refractivity contribution in [1.82, 2.24) is 10.2 Å². The van der Waals surface area contributed by atoms with E-state index in [9.17, 15) is 14.7 Å². The first-order valence-corrected chi connectivity index (χ1v) is 14.4. The fraction of sp³-hybridized carbons (Fsp3) is 0.667. The molecule has 2 aliphatic carbocycles. The number of rotatable bonds is 6. The summed E-state index contributed by atoms with van der Waals surface area (Å²) in [6, 6.07) is 5.72. The van der Waals surface area contributed by atoms with E-state index in [1.807, 2.05) is 19.2 Å². The molecule has 1 amide bonds. The summed E-state index contributed by atoms with van der Waals surface area (Å²) >= 11 is 0. The molecule has 212 valence electrons. The molecule has 1 saturated heterocycles. The molecule has 39 heavy (non-hydrogen) atoms. The molecule has 6 atom stereocenters. The van der Waals surface area contributed by atoms with Crippen LogP contribution in [0.4, 0.5) is 10.5 Å². The lowest BCUT2D eigenvalue weighted by atomic mass is 9.47. The van der Waals surface area contributed by atoms with E-state index in [-0.39, 0.29) is 18.7 Å². The van der Waals surface area contributed by atoms with Gasteiger partial charge in [-0.15, -0.1) is 0 Å². The van der Waals surface area contributed by atoms with Gasteiger partial charge in [0.05, 0.1) is 19.7 Å². The van der Waals surface area contributed by atoms with Crippen molar-refractivity contribution in [2.24, 2.45) is 5.41 Å².